The molecule has 0 spiro atoms. The summed E-state index contributed by atoms with van der Waals surface area (Å²) in [4.78, 5) is -0.627. The van der Waals surface area contributed by atoms with Gasteiger partial charge in [-0.15, -0.1) is 0 Å². The fourth-order valence-corrected chi connectivity index (χ4v) is 4.10. The molecule has 0 saturated carbocycles. The predicted octanol–water partition coefficient (Wildman–Crippen LogP) is 4.13. The molecule has 106 valence electrons. The summed E-state index contributed by atoms with van der Waals surface area (Å²) in [6.07, 6.45) is 0. The second kappa shape index (κ2) is 5.94. The summed E-state index contributed by atoms with van der Waals surface area (Å²) in [5, 5.41) is 0. The van der Waals surface area contributed by atoms with E-state index in [9.17, 15) is 17.2 Å². The van der Waals surface area contributed by atoms with E-state index in [0.717, 1.165) is 9.64 Å². The second-order valence-corrected chi connectivity index (χ2v) is 7.53. The number of halogens is 4. The normalized spacial score (nSPS) is 11.4. The summed E-state index contributed by atoms with van der Waals surface area (Å²) < 4.78 is 53.9. The highest BCUT2D eigenvalue weighted by atomic mass is 127. The Balaban J connectivity index is 2.43. The lowest BCUT2D eigenvalue weighted by Gasteiger charge is -2.10. The highest BCUT2D eigenvalue weighted by molar-refractivity contribution is 14.1. The standard InChI is InChI=1S/C12H7BrF2INO2S/c13-10-5-7(14)6-11(15)12(10)20(18,19)17-9-3-1-8(16)2-4-9/h1-6,17H. The molecule has 3 nitrogen and oxygen atoms in total. The van der Waals surface area contributed by atoms with Crippen LogP contribution < -0.4 is 4.72 Å². The van der Waals surface area contributed by atoms with Crippen molar-refractivity contribution in [3.63, 3.8) is 0 Å². The van der Waals surface area contributed by atoms with Gasteiger partial charge in [-0.2, -0.15) is 0 Å². The number of hydrogen-bond donors (Lipinski definition) is 1. The van der Waals surface area contributed by atoms with Crippen molar-refractivity contribution in [2.75, 3.05) is 4.72 Å². The van der Waals surface area contributed by atoms with Crippen LogP contribution >= 0.6 is 38.5 Å². The van der Waals surface area contributed by atoms with Crippen LogP contribution in [0.25, 0.3) is 0 Å². The Kier molecular flexibility index (Phi) is 4.65. The van der Waals surface area contributed by atoms with E-state index in [0.29, 0.717) is 11.8 Å². The van der Waals surface area contributed by atoms with E-state index in [1.54, 1.807) is 24.3 Å². The Morgan fingerprint density at radius 2 is 1.70 bits per heavy atom. The van der Waals surface area contributed by atoms with E-state index in [1.807, 2.05) is 0 Å². The molecule has 0 heterocycles. The molecule has 0 aliphatic heterocycles. The zero-order valence-electron chi connectivity index (χ0n) is 9.70. The molecule has 1 N–H and O–H groups in total. The van der Waals surface area contributed by atoms with Gasteiger partial charge in [0.25, 0.3) is 10.0 Å². The van der Waals surface area contributed by atoms with Gasteiger partial charge in [0.15, 0.2) is 0 Å². The first-order chi connectivity index (χ1) is 9.29. The topological polar surface area (TPSA) is 46.2 Å². The summed E-state index contributed by atoms with van der Waals surface area (Å²) in [6, 6.07) is 7.92. The van der Waals surface area contributed by atoms with E-state index in [2.05, 4.69) is 43.2 Å². The summed E-state index contributed by atoms with van der Waals surface area (Å²) in [5.74, 6) is -2.02. The molecule has 0 saturated heterocycles. The largest absolute Gasteiger partial charge is 0.280 e. The number of hydrogen-bond acceptors (Lipinski definition) is 2. The lowest BCUT2D eigenvalue weighted by Crippen LogP contribution is -2.15. The fourth-order valence-electron chi connectivity index (χ4n) is 1.51. The minimum Gasteiger partial charge on any atom is -0.280 e. The Labute approximate surface area is 136 Å². The van der Waals surface area contributed by atoms with Crippen molar-refractivity contribution >= 4 is 54.2 Å². The van der Waals surface area contributed by atoms with Crippen LogP contribution in [0.15, 0.2) is 45.8 Å². The molecule has 0 unspecified atom stereocenters. The Morgan fingerprint density at radius 1 is 1.10 bits per heavy atom. The average molecular weight is 474 g/mol. The van der Waals surface area contributed by atoms with Gasteiger partial charge in [0.05, 0.1) is 0 Å². The van der Waals surface area contributed by atoms with Crippen molar-refractivity contribution < 1.29 is 17.2 Å². The first-order valence-electron chi connectivity index (χ1n) is 5.22. The number of benzene rings is 2. The first-order valence-corrected chi connectivity index (χ1v) is 8.58. The molecule has 0 atom stereocenters. The van der Waals surface area contributed by atoms with Crippen molar-refractivity contribution in [1.29, 1.82) is 0 Å². The molecular weight excluding hydrogens is 467 g/mol. The third-order valence-electron chi connectivity index (χ3n) is 2.33. The van der Waals surface area contributed by atoms with Gasteiger partial charge in [0.1, 0.15) is 16.5 Å². The van der Waals surface area contributed by atoms with Crippen LogP contribution in [0.4, 0.5) is 14.5 Å². The van der Waals surface area contributed by atoms with E-state index in [4.69, 9.17) is 0 Å². The molecule has 0 aliphatic rings. The third-order valence-corrected chi connectivity index (χ3v) is 5.39. The average Bonchev–Trinajstić information content (AvgIpc) is 2.30. The van der Waals surface area contributed by atoms with Crippen LogP contribution in [0, 0.1) is 15.2 Å². The van der Waals surface area contributed by atoms with Crippen molar-refractivity contribution in [3.05, 3.63) is 56.1 Å². The van der Waals surface area contributed by atoms with Crippen LogP contribution in [0.1, 0.15) is 0 Å². The van der Waals surface area contributed by atoms with Crippen molar-refractivity contribution in [3.8, 4) is 0 Å². The van der Waals surface area contributed by atoms with Gasteiger partial charge in [-0.3, -0.25) is 4.72 Å². The third kappa shape index (κ3) is 3.47. The molecule has 0 bridgehead atoms. The summed E-state index contributed by atoms with van der Waals surface area (Å²) in [7, 11) is -4.15. The van der Waals surface area contributed by atoms with E-state index in [-0.39, 0.29) is 4.47 Å². The maximum atomic E-state index is 13.7. The quantitative estimate of drug-likeness (QED) is 0.681. The highest BCUT2D eigenvalue weighted by Gasteiger charge is 2.23. The Bertz CT molecular complexity index is 728. The Hall–Kier alpha value is -0.740. The lowest BCUT2D eigenvalue weighted by atomic mass is 10.3. The van der Waals surface area contributed by atoms with Gasteiger partial charge in [0.2, 0.25) is 0 Å². The predicted molar refractivity (Wildman–Crippen MR) is 84.0 cm³/mol. The van der Waals surface area contributed by atoms with E-state index >= 15 is 0 Å². The second-order valence-electron chi connectivity index (χ2n) is 3.81. The zero-order valence-corrected chi connectivity index (χ0v) is 14.3. The summed E-state index contributed by atoms with van der Waals surface area (Å²) in [5.41, 5.74) is 0.293. The molecule has 0 radical (unpaired) electrons. The van der Waals surface area contributed by atoms with Crippen molar-refractivity contribution in [1.82, 2.24) is 0 Å². The Morgan fingerprint density at radius 3 is 2.25 bits per heavy atom. The molecule has 0 aromatic heterocycles. The number of rotatable bonds is 3. The minimum absolute atomic E-state index is 0.173. The monoisotopic (exact) mass is 473 g/mol. The molecule has 0 fully saturated rings. The van der Waals surface area contributed by atoms with Gasteiger partial charge in [0, 0.05) is 19.8 Å². The molecule has 2 aromatic carbocycles. The van der Waals surface area contributed by atoms with Crippen molar-refractivity contribution in [2.45, 2.75) is 4.90 Å². The zero-order chi connectivity index (χ0) is 14.9. The minimum atomic E-state index is -4.15. The van der Waals surface area contributed by atoms with Crippen LogP contribution in [-0.4, -0.2) is 8.42 Å². The highest BCUT2D eigenvalue weighted by Crippen LogP contribution is 2.28. The van der Waals surface area contributed by atoms with Crippen molar-refractivity contribution in [2.24, 2.45) is 0 Å². The van der Waals surface area contributed by atoms with E-state index in [1.165, 1.54) is 0 Å². The smallest absolute Gasteiger partial charge is 0.265 e. The SMILES string of the molecule is O=S(=O)(Nc1ccc(I)cc1)c1c(F)cc(F)cc1Br. The maximum Gasteiger partial charge on any atom is 0.265 e. The lowest BCUT2D eigenvalue weighted by molar-refractivity contribution is 0.548. The van der Waals surface area contributed by atoms with Gasteiger partial charge in [-0.1, -0.05) is 0 Å². The maximum absolute atomic E-state index is 13.7. The molecule has 0 amide bonds. The van der Waals surface area contributed by atoms with Crippen LogP contribution in [0.2, 0.25) is 0 Å². The summed E-state index contributed by atoms with van der Waals surface area (Å²) >= 11 is 4.93. The van der Waals surface area contributed by atoms with E-state index < -0.39 is 26.6 Å². The molecule has 2 aromatic rings. The molecule has 8 heteroatoms. The first kappa shape index (κ1) is 15.6. The van der Waals surface area contributed by atoms with Gasteiger partial charge in [-0.05, 0) is 68.9 Å². The van der Waals surface area contributed by atoms with Crippen LogP contribution in [0.5, 0.6) is 0 Å². The van der Waals surface area contributed by atoms with Gasteiger partial charge < -0.3 is 0 Å². The molecule has 0 aliphatic carbocycles. The van der Waals surface area contributed by atoms with Crippen LogP contribution in [0.3, 0.4) is 0 Å². The molecule has 20 heavy (non-hydrogen) atoms. The molecule has 2 rings (SSSR count). The number of nitrogens with one attached hydrogen (secondary N) is 1. The number of sulfonamides is 1. The summed E-state index contributed by atoms with van der Waals surface area (Å²) in [6.45, 7) is 0. The number of anilines is 1. The van der Waals surface area contributed by atoms with Crippen LogP contribution in [-0.2, 0) is 10.0 Å². The van der Waals surface area contributed by atoms with Gasteiger partial charge in [-0.25, -0.2) is 17.2 Å². The molecular formula is C12H7BrF2INO2S. The fraction of sp³-hybridized carbons (Fsp3) is 0. The van der Waals surface area contributed by atoms with Gasteiger partial charge >= 0.3 is 0 Å².